The molecule has 5 heterocycles. The summed E-state index contributed by atoms with van der Waals surface area (Å²) in [5.74, 6) is -1.59. The number of likely N-dealkylation sites (tertiary alicyclic amines) is 1. The van der Waals surface area contributed by atoms with Crippen LogP contribution in [-0.4, -0.2) is 119 Å². The van der Waals surface area contributed by atoms with Gasteiger partial charge in [0.05, 0.1) is 24.1 Å². The van der Waals surface area contributed by atoms with Gasteiger partial charge in [0, 0.05) is 81.6 Å². The number of imide groups is 1. The molecule has 4 aliphatic heterocycles. The van der Waals surface area contributed by atoms with E-state index in [1.807, 2.05) is 9.80 Å². The summed E-state index contributed by atoms with van der Waals surface area (Å²) in [5, 5.41) is 16.6. The molecule has 322 valence electrons. The van der Waals surface area contributed by atoms with Crippen molar-refractivity contribution < 1.29 is 42.3 Å². The van der Waals surface area contributed by atoms with Gasteiger partial charge in [-0.15, -0.1) is 4.48 Å². The first-order chi connectivity index (χ1) is 29.0. The number of carbonyl (C=O) groups excluding carboxylic acids is 4. The molecule has 1 aliphatic carbocycles. The normalized spacial score (nSPS) is 21.4. The first-order valence-corrected chi connectivity index (χ1v) is 20.8. The Morgan fingerprint density at radius 2 is 1.68 bits per heavy atom. The number of halogens is 3. The number of hydrogen-bond acceptors (Lipinski definition) is 12. The van der Waals surface area contributed by atoms with Gasteiger partial charge in [0.25, 0.3) is 5.95 Å². The maximum atomic E-state index is 15.0. The summed E-state index contributed by atoms with van der Waals surface area (Å²) in [6.07, 6.45) is 8.53. The number of hydrogen-bond donors (Lipinski definition) is 4. The smallest absolute Gasteiger partial charge is 0.414 e. The molecule has 3 aromatic rings. The van der Waals surface area contributed by atoms with Gasteiger partial charge in [-0.25, -0.2) is 23.5 Å². The van der Waals surface area contributed by atoms with Gasteiger partial charge in [-0.2, -0.15) is 5.54 Å². The number of benzene rings is 2. The molecule has 0 spiro atoms. The minimum atomic E-state index is -0.792. The second kappa shape index (κ2) is 19.3. The van der Waals surface area contributed by atoms with Crippen molar-refractivity contribution in [2.75, 3.05) is 79.6 Å². The topological polar surface area (TPSA) is 173 Å². The molecular weight excluding hydrogens is 784 g/mol. The molecular formula is C42H52F3N9O6. The van der Waals surface area contributed by atoms with E-state index >= 15 is 0 Å². The summed E-state index contributed by atoms with van der Waals surface area (Å²) in [6, 6.07) is 10.9. The number of cyclic esters (lactones) is 1. The Morgan fingerprint density at radius 3 is 2.38 bits per heavy atom. The van der Waals surface area contributed by atoms with E-state index in [2.05, 4.69) is 25.5 Å². The fourth-order valence-electron chi connectivity index (χ4n) is 8.58. The maximum absolute atomic E-state index is 15.0. The van der Waals surface area contributed by atoms with E-state index in [1.54, 1.807) is 36.4 Å². The van der Waals surface area contributed by atoms with Crippen LogP contribution in [0.5, 0.6) is 0 Å². The highest BCUT2D eigenvalue weighted by atomic mass is 19.2. The predicted octanol–water partition coefficient (Wildman–Crippen LogP) is 5.02. The molecule has 1 saturated carbocycles. The Hall–Kier alpha value is -5.49. The Kier molecular flexibility index (Phi) is 13.7. The van der Waals surface area contributed by atoms with Gasteiger partial charge in [0.2, 0.25) is 17.7 Å². The number of aromatic nitrogens is 2. The van der Waals surface area contributed by atoms with Crippen LogP contribution in [-0.2, 0) is 19.1 Å². The summed E-state index contributed by atoms with van der Waals surface area (Å²) in [4.78, 5) is 62.8. The van der Waals surface area contributed by atoms with Crippen LogP contribution < -0.4 is 26.0 Å². The van der Waals surface area contributed by atoms with Crippen LogP contribution in [0.4, 0.5) is 41.1 Å². The molecule has 1 aromatic heterocycles. The molecule has 15 nitrogen and oxygen atoms in total. The SMILES string of the molecule is O=C1CCC(Nc2ccc(N3CCN(CC4(O)CCN(C(=O)C5CCCCC5)CC4)CC3)c(F)c2)C(=O)N1.O=C1OCCCN1c1cccc(-c2nc(NF)ncc2F)c1. The zero-order valence-electron chi connectivity index (χ0n) is 33.5. The molecule has 1 atom stereocenters. The van der Waals surface area contributed by atoms with E-state index in [9.17, 15) is 37.5 Å². The molecule has 2 aromatic carbocycles. The number of piperidine rings is 2. The highest BCUT2D eigenvalue weighted by Crippen LogP contribution is 2.31. The summed E-state index contributed by atoms with van der Waals surface area (Å²) in [7, 11) is 0. The van der Waals surface area contributed by atoms with E-state index in [1.165, 1.54) is 22.9 Å². The largest absolute Gasteiger partial charge is 0.449 e. The number of amides is 4. The van der Waals surface area contributed by atoms with Gasteiger partial charge in [-0.1, -0.05) is 31.4 Å². The van der Waals surface area contributed by atoms with Crippen LogP contribution in [0.1, 0.15) is 64.2 Å². The molecule has 18 heteroatoms. The molecule has 0 bridgehead atoms. The van der Waals surface area contributed by atoms with Crippen molar-refractivity contribution in [2.24, 2.45) is 5.92 Å². The lowest BCUT2D eigenvalue weighted by Crippen LogP contribution is -2.56. The van der Waals surface area contributed by atoms with Crippen LogP contribution in [0.15, 0.2) is 48.7 Å². The Morgan fingerprint density at radius 1 is 0.917 bits per heavy atom. The van der Waals surface area contributed by atoms with Crippen molar-refractivity contribution in [3.05, 3.63) is 60.3 Å². The molecule has 5 aliphatic rings. The first-order valence-electron chi connectivity index (χ1n) is 20.8. The number of carbonyl (C=O) groups is 4. The van der Waals surface area contributed by atoms with Crippen molar-refractivity contribution >= 4 is 46.8 Å². The van der Waals surface area contributed by atoms with Crippen LogP contribution in [0.3, 0.4) is 0 Å². The molecule has 4 amide bonds. The molecule has 60 heavy (non-hydrogen) atoms. The molecule has 8 rings (SSSR count). The molecule has 4 N–H and O–H groups in total. The zero-order valence-corrected chi connectivity index (χ0v) is 33.5. The van der Waals surface area contributed by atoms with Crippen LogP contribution in [0, 0.1) is 17.6 Å². The maximum Gasteiger partial charge on any atom is 0.414 e. The third kappa shape index (κ3) is 10.4. The second-order valence-electron chi connectivity index (χ2n) is 16.1. The van der Waals surface area contributed by atoms with Crippen molar-refractivity contribution in [2.45, 2.75) is 75.9 Å². The minimum Gasteiger partial charge on any atom is -0.449 e. The summed E-state index contributed by atoms with van der Waals surface area (Å²) >= 11 is 0. The van der Waals surface area contributed by atoms with Crippen LogP contribution in [0.25, 0.3) is 11.3 Å². The van der Waals surface area contributed by atoms with E-state index in [-0.39, 0.29) is 47.5 Å². The Balaban J connectivity index is 0.000000210. The quantitative estimate of drug-likeness (QED) is 0.168. The van der Waals surface area contributed by atoms with Gasteiger partial charge < -0.3 is 25.0 Å². The van der Waals surface area contributed by atoms with Crippen molar-refractivity contribution in [1.29, 1.82) is 0 Å². The van der Waals surface area contributed by atoms with E-state index < -0.39 is 23.6 Å². The number of ether oxygens (including phenoxy) is 1. The molecule has 1 unspecified atom stereocenters. The second-order valence-corrected chi connectivity index (χ2v) is 16.1. The monoisotopic (exact) mass is 835 g/mol. The highest BCUT2D eigenvalue weighted by molar-refractivity contribution is 6.01. The van der Waals surface area contributed by atoms with Gasteiger partial charge in [0.15, 0.2) is 5.82 Å². The van der Waals surface area contributed by atoms with Crippen LogP contribution >= 0.6 is 0 Å². The number of piperazine rings is 1. The number of nitrogens with one attached hydrogen (secondary N) is 3. The third-order valence-electron chi connectivity index (χ3n) is 12.0. The van der Waals surface area contributed by atoms with Gasteiger partial charge in [-0.3, -0.25) is 29.5 Å². The highest BCUT2D eigenvalue weighted by Gasteiger charge is 2.38. The number of β-amino-alcohol motifs (C(OH)–C–C–N with tert-alkyl or cyclic N) is 1. The lowest BCUT2D eigenvalue weighted by Gasteiger charge is -2.44. The predicted molar refractivity (Wildman–Crippen MR) is 218 cm³/mol. The number of nitrogens with zero attached hydrogens (tertiary/aromatic N) is 6. The third-order valence-corrected chi connectivity index (χ3v) is 12.0. The fraction of sp³-hybridized carbons (Fsp3) is 0.524. The van der Waals surface area contributed by atoms with Crippen molar-refractivity contribution in [3.8, 4) is 11.3 Å². The number of anilines is 4. The molecule has 4 saturated heterocycles. The average Bonchev–Trinajstić information content (AvgIpc) is 3.26. The number of aliphatic hydroxyl groups is 1. The van der Waals surface area contributed by atoms with Gasteiger partial charge in [-0.05, 0) is 68.9 Å². The van der Waals surface area contributed by atoms with E-state index in [4.69, 9.17) is 4.74 Å². The van der Waals surface area contributed by atoms with E-state index in [0.29, 0.717) is 94.2 Å². The first kappa shape index (κ1) is 42.6. The summed E-state index contributed by atoms with van der Waals surface area (Å²) < 4.78 is 46.2. The molecule has 5 fully saturated rings. The standard InChI is InChI=1S/C28H40FN5O4.C14H12F2N4O2/c29-22-18-21(30-23-7-9-25(35)31-26(23)36)6-8-24(22)33-16-14-32(15-17-33)19-28(38)10-12-34(13-11-28)27(37)20-4-2-1-3-5-20;15-11-8-17-13(19-16)18-12(11)9-3-1-4-10(7-9)20-5-2-6-22-14(20)21/h6,8,18,20,23,30,38H,1-5,7,9-17,19H2,(H,31,35,36);1,3-4,7-8H,2,5-6H2,(H,17,18,19). The van der Waals surface area contributed by atoms with Crippen LogP contribution in [0.2, 0.25) is 0 Å². The summed E-state index contributed by atoms with van der Waals surface area (Å²) in [5.41, 5.74) is 2.43. The van der Waals surface area contributed by atoms with Crippen molar-refractivity contribution in [3.63, 3.8) is 0 Å². The Bertz CT molecular complexity index is 2020. The minimum absolute atomic E-state index is 0.0534. The zero-order chi connectivity index (χ0) is 42.2. The number of rotatable bonds is 9. The van der Waals surface area contributed by atoms with Gasteiger partial charge >= 0.3 is 6.09 Å². The lowest BCUT2D eigenvalue weighted by atomic mass is 9.86. The Labute approximate surface area is 346 Å². The molecule has 0 radical (unpaired) electrons. The fourth-order valence-corrected chi connectivity index (χ4v) is 8.58. The van der Waals surface area contributed by atoms with E-state index in [0.717, 1.165) is 45.0 Å². The van der Waals surface area contributed by atoms with Crippen molar-refractivity contribution in [1.82, 2.24) is 25.1 Å². The van der Waals surface area contributed by atoms with Gasteiger partial charge in [0.1, 0.15) is 17.6 Å². The lowest BCUT2D eigenvalue weighted by molar-refractivity contribution is -0.141. The average molecular weight is 836 g/mol. The summed E-state index contributed by atoms with van der Waals surface area (Å²) in [6.45, 7) is 5.48.